The molecule has 0 spiro atoms. The number of hydrogen-bond donors (Lipinski definition) is 1. The van der Waals surface area contributed by atoms with Gasteiger partial charge in [-0.2, -0.15) is 0 Å². The van der Waals surface area contributed by atoms with Crippen molar-refractivity contribution in [2.75, 3.05) is 17.7 Å². The maximum absolute atomic E-state index is 5.79. The van der Waals surface area contributed by atoms with Crippen molar-refractivity contribution in [2.24, 2.45) is 0 Å². The molecular formula is C12H14N4. The zero-order valence-electron chi connectivity index (χ0n) is 9.38. The van der Waals surface area contributed by atoms with E-state index in [0.29, 0.717) is 11.6 Å². The molecular weight excluding hydrogens is 200 g/mol. The average molecular weight is 214 g/mol. The topological polar surface area (TPSA) is 55.0 Å². The molecule has 16 heavy (non-hydrogen) atoms. The lowest BCUT2D eigenvalue weighted by atomic mass is 10.2. The molecule has 1 heterocycles. The lowest BCUT2D eigenvalue weighted by Crippen LogP contribution is -2.15. The maximum Gasteiger partial charge on any atom is 0.175 e. The number of nitrogen functional groups attached to an aromatic ring is 1. The van der Waals surface area contributed by atoms with Crippen LogP contribution in [0.1, 0.15) is 5.56 Å². The molecule has 2 rings (SSSR count). The molecule has 0 fully saturated rings. The molecule has 4 heteroatoms. The quantitative estimate of drug-likeness (QED) is 0.832. The number of aryl methyl sites for hydroxylation is 1. The van der Waals surface area contributed by atoms with Gasteiger partial charge in [-0.1, -0.05) is 18.2 Å². The maximum atomic E-state index is 5.79. The van der Waals surface area contributed by atoms with Gasteiger partial charge in [0, 0.05) is 25.1 Å². The fourth-order valence-corrected chi connectivity index (χ4v) is 1.65. The predicted octanol–water partition coefficient (Wildman–Crippen LogP) is 2.14. The lowest BCUT2D eigenvalue weighted by Gasteiger charge is -2.20. The first-order chi connectivity index (χ1) is 7.70. The van der Waals surface area contributed by atoms with Crippen molar-refractivity contribution in [1.29, 1.82) is 0 Å². The van der Waals surface area contributed by atoms with E-state index in [-0.39, 0.29) is 0 Å². The normalized spacial score (nSPS) is 10.1. The van der Waals surface area contributed by atoms with E-state index in [1.165, 1.54) is 5.56 Å². The molecule has 0 amide bonds. The SMILES string of the molecule is Cc1ccccc1N(C)c1nccnc1N. The highest BCUT2D eigenvalue weighted by atomic mass is 15.2. The molecule has 0 radical (unpaired) electrons. The second-order valence-corrected chi connectivity index (χ2v) is 3.61. The minimum atomic E-state index is 0.438. The fraction of sp³-hybridized carbons (Fsp3) is 0.167. The summed E-state index contributed by atoms with van der Waals surface area (Å²) in [4.78, 5) is 10.2. The Labute approximate surface area is 94.8 Å². The van der Waals surface area contributed by atoms with Crippen LogP contribution in [0.3, 0.4) is 0 Å². The van der Waals surface area contributed by atoms with Crippen molar-refractivity contribution < 1.29 is 0 Å². The Morgan fingerprint density at radius 2 is 1.81 bits per heavy atom. The van der Waals surface area contributed by atoms with Crippen molar-refractivity contribution in [3.8, 4) is 0 Å². The van der Waals surface area contributed by atoms with Gasteiger partial charge >= 0.3 is 0 Å². The van der Waals surface area contributed by atoms with Gasteiger partial charge in [0.1, 0.15) is 0 Å². The molecule has 82 valence electrons. The van der Waals surface area contributed by atoms with Gasteiger partial charge in [0.25, 0.3) is 0 Å². The molecule has 4 nitrogen and oxygen atoms in total. The third kappa shape index (κ3) is 1.82. The third-order valence-corrected chi connectivity index (χ3v) is 2.50. The summed E-state index contributed by atoms with van der Waals surface area (Å²) in [5.41, 5.74) is 8.05. The van der Waals surface area contributed by atoms with Crippen LogP contribution in [0, 0.1) is 6.92 Å². The van der Waals surface area contributed by atoms with Crippen molar-refractivity contribution in [1.82, 2.24) is 9.97 Å². The summed E-state index contributed by atoms with van der Waals surface area (Å²) in [6.45, 7) is 2.05. The summed E-state index contributed by atoms with van der Waals surface area (Å²) in [5, 5.41) is 0. The first kappa shape index (κ1) is 10.4. The van der Waals surface area contributed by atoms with Gasteiger partial charge in [-0.25, -0.2) is 9.97 Å². The molecule has 2 aromatic rings. The lowest BCUT2D eigenvalue weighted by molar-refractivity contribution is 1.09. The van der Waals surface area contributed by atoms with E-state index < -0.39 is 0 Å². The zero-order chi connectivity index (χ0) is 11.5. The van der Waals surface area contributed by atoms with Gasteiger partial charge in [-0.3, -0.25) is 0 Å². The largest absolute Gasteiger partial charge is 0.381 e. The Kier molecular flexibility index (Phi) is 2.72. The number of nitrogens with two attached hydrogens (primary N) is 1. The molecule has 0 aliphatic heterocycles. The van der Waals surface area contributed by atoms with Gasteiger partial charge in [0.05, 0.1) is 0 Å². The highest BCUT2D eigenvalue weighted by molar-refractivity contribution is 5.69. The summed E-state index contributed by atoms with van der Waals surface area (Å²) in [5.74, 6) is 1.12. The summed E-state index contributed by atoms with van der Waals surface area (Å²) in [6, 6.07) is 8.08. The highest BCUT2D eigenvalue weighted by Gasteiger charge is 2.10. The van der Waals surface area contributed by atoms with Crippen LogP contribution in [0.5, 0.6) is 0 Å². The van der Waals surface area contributed by atoms with Gasteiger partial charge in [-0.15, -0.1) is 0 Å². The summed E-state index contributed by atoms with van der Waals surface area (Å²) in [7, 11) is 1.93. The number of benzene rings is 1. The third-order valence-electron chi connectivity index (χ3n) is 2.50. The Hall–Kier alpha value is -2.10. The van der Waals surface area contributed by atoms with Crippen LogP contribution < -0.4 is 10.6 Å². The van der Waals surface area contributed by atoms with Crippen molar-refractivity contribution in [3.05, 3.63) is 42.2 Å². The smallest absolute Gasteiger partial charge is 0.175 e. The molecule has 1 aromatic carbocycles. The standard InChI is InChI=1S/C12H14N4/c1-9-5-3-4-6-10(9)16(2)12-11(13)14-7-8-15-12/h3-8H,1-2H3,(H2,13,14). The first-order valence-corrected chi connectivity index (χ1v) is 5.06. The van der Waals surface area contributed by atoms with Crippen LogP contribution in [0.25, 0.3) is 0 Å². The average Bonchev–Trinajstić information content (AvgIpc) is 2.29. The molecule has 0 saturated carbocycles. The van der Waals surface area contributed by atoms with Gasteiger partial charge < -0.3 is 10.6 Å². The summed E-state index contributed by atoms with van der Waals surface area (Å²) < 4.78 is 0. The van der Waals surface area contributed by atoms with Crippen LogP contribution in [-0.2, 0) is 0 Å². The Balaban J connectivity index is 2.44. The van der Waals surface area contributed by atoms with Gasteiger partial charge in [-0.05, 0) is 18.6 Å². The van der Waals surface area contributed by atoms with Crippen molar-refractivity contribution in [2.45, 2.75) is 6.92 Å². The van der Waals surface area contributed by atoms with E-state index >= 15 is 0 Å². The summed E-state index contributed by atoms with van der Waals surface area (Å²) >= 11 is 0. The Morgan fingerprint density at radius 1 is 1.12 bits per heavy atom. The first-order valence-electron chi connectivity index (χ1n) is 5.06. The Morgan fingerprint density at radius 3 is 2.50 bits per heavy atom. The molecule has 0 saturated heterocycles. The highest BCUT2D eigenvalue weighted by Crippen LogP contribution is 2.27. The van der Waals surface area contributed by atoms with Crippen LogP contribution in [0.2, 0.25) is 0 Å². The molecule has 0 unspecified atom stereocenters. The zero-order valence-corrected chi connectivity index (χ0v) is 9.38. The van der Waals surface area contributed by atoms with E-state index in [2.05, 4.69) is 23.0 Å². The minimum absolute atomic E-state index is 0.438. The van der Waals surface area contributed by atoms with E-state index in [9.17, 15) is 0 Å². The number of hydrogen-bond acceptors (Lipinski definition) is 4. The van der Waals surface area contributed by atoms with Crippen LogP contribution in [-0.4, -0.2) is 17.0 Å². The molecule has 0 atom stereocenters. The summed E-state index contributed by atoms with van der Waals surface area (Å²) in [6.07, 6.45) is 3.23. The number of aromatic nitrogens is 2. The van der Waals surface area contributed by atoms with E-state index in [4.69, 9.17) is 5.73 Å². The van der Waals surface area contributed by atoms with Gasteiger partial charge in [0.15, 0.2) is 11.6 Å². The Bertz CT molecular complexity index is 450. The number of para-hydroxylation sites is 1. The van der Waals surface area contributed by atoms with Crippen LogP contribution in [0.15, 0.2) is 36.7 Å². The second-order valence-electron chi connectivity index (χ2n) is 3.61. The van der Waals surface area contributed by atoms with Gasteiger partial charge in [0.2, 0.25) is 0 Å². The molecule has 0 bridgehead atoms. The van der Waals surface area contributed by atoms with E-state index in [0.717, 1.165) is 5.69 Å². The second kappa shape index (κ2) is 4.18. The number of nitrogens with zero attached hydrogens (tertiary/aromatic N) is 3. The number of anilines is 3. The number of rotatable bonds is 2. The molecule has 0 aliphatic rings. The minimum Gasteiger partial charge on any atom is -0.381 e. The van der Waals surface area contributed by atoms with Crippen LogP contribution in [0.4, 0.5) is 17.3 Å². The monoisotopic (exact) mass is 214 g/mol. The molecule has 2 N–H and O–H groups in total. The fourth-order valence-electron chi connectivity index (χ4n) is 1.65. The molecule has 1 aromatic heterocycles. The molecule has 0 aliphatic carbocycles. The van der Waals surface area contributed by atoms with Crippen LogP contribution >= 0.6 is 0 Å². The van der Waals surface area contributed by atoms with E-state index in [1.807, 2.05) is 30.1 Å². The van der Waals surface area contributed by atoms with E-state index in [1.54, 1.807) is 12.4 Å². The predicted molar refractivity (Wildman–Crippen MR) is 65.7 cm³/mol. The van der Waals surface area contributed by atoms with Crippen molar-refractivity contribution in [3.63, 3.8) is 0 Å². The van der Waals surface area contributed by atoms with Crippen molar-refractivity contribution >= 4 is 17.3 Å².